The van der Waals surface area contributed by atoms with Gasteiger partial charge < -0.3 is 14.7 Å². The smallest absolute Gasteiger partial charge is 0.309 e. The van der Waals surface area contributed by atoms with E-state index in [4.69, 9.17) is 4.74 Å². The van der Waals surface area contributed by atoms with Crippen molar-refractivity contribution in [1.29, 1.82) is 0 Å². The minimum atomic E-state index is -0.855. The summed E-state index contributed by atoms with van der Waals surface area (Å²) in [5.74, 6) is -1.50. The Hall–Kier alpha value is -1.44. The standard InChI is InChI=1S/C15H22N2O4S/c1-2-21-7-6-16-4-5-17(10-13(9-16)15(19)20)14(18)12-3-8-22-11-12/h3,8,11,13H,2,4-7,9-10H2,1H3,(H,19,20)/t13-/m0/s1. The molecule has 1 N–H and O–H groups in total. The molecule has 0 radical (unpaired) electrons. The predicted molar refractivity (Wildman–Crippen MR) is 84.3 cm³/mol. The van der Waals surface area contributed by atoms with E-state index in [-0.39, 0.29) is 12.5 Å². The van der Waals surface area contributed by atoms with Gasteiger partial charge in [0, 0.05) is 44.7 Å². The largest absolute Gasteiger partial charge is 0.481 e. The molecule has 1 fully saturated rings. The number of carbonyl (C=O) groups excluding carboxylic acids is 1. The zero-order valence-electron chi connectivity index (χ0n) is 12.7. The lowest BCUT2D eigenvalue weighted by molar-refractivity contribution is -0.142. The molecule has 2 heterocycles. The number of hydrogen-bond acceptors (Lipinski definition) is 5. The first kappa shape index (κ1) is 16.9. The molecule has 0 unspecified atom stereocenters. The van der Waals surface area contributed by atoms with Crippen LogP contribution in [0.2, 0.25) is 0 Å². The van der Waals surface area contributed by atoms with Crippen LogP contribution < -0.4 is 0 Å². The fraction of sp³-hybridized carbons (Fsp3) is 0.600. The summed E-state index contributed by atoms with van der Waals surface area (Å²) in [6.45, 7) is 5.80. The molecule has 7 heteroatoms. The minimum Gasteiger partial charge on any atom is -0.481 e. The van der Waals surface area contributed by atoms with Gasteiger partial charge in [-0.3, -0.25) is 14.5 Å². The van der Waals surface area contributed by atoms with Gasteiger partial charge in [0.25, 0.3) is 5.91 Å². The average Bonchev–Trinajstić information content (AvgIpc) is 2.94. The van der Waals surface area contributed by atoms with Crippen LogP contribution in [-0.2, 0) is 9.53 Å². The van der Waals surface area contributed by atoms with Crippen molar-refractivity contribution in [2.24, 2.45) is 5.92 Å². The fourth-order valence-electron chi connectivity index (χ4n) is 2.53. The summed E-state index contributed by atoms with van der Waals surface area (Å²) in [6, 6.07) is 1.78. The number of nitrogens with zero attached hydrogens (tertiary/aromatic N) is 2. The molecule has 0 bridgehead atoms. The number of hydrogen-bond donors (Lipinski definition) is 1. The molecule has 1 amide bonds. The molecule has 1 atom stereocenters. The van der Waals surface area contributed by atoms with E-state index >= 15 is 0 Å². The third-order valence-electron chi connectivity index (χ3n) is 3.77. The summed E-state index contributed by atoms with van der Waals surface area (Å²) in [7, 11) is 0. The van der Waals surface area contributed by atoms with E-state index in [1.165, 1.54) is 11.3 Å². The van der Waals surface area contributed by atoms with Gasteiger partial charge in [-0.25, -0.2) is 0 Å². The van der Waals surface area contributed by atoms with E-state index in [9.17, 15) is 14.7 Å². The number of carboxylic acids is 1. The summed E-state index contributed by atoms with van der Waals surface area (Å²) < 4.78 is 5.34. The summed E-state index contributed by atoms with van der Waals surface area (Å²) in [6.07, 6.45) is 0. The highest BCUT2D eigenvalue weighted by atomic mass is 32.1. The fourth-order valence-corrected chi connectivity index (χ4v) is 3.16. The maximum atomic E-state index is 12.4. The van der Waals surface area contributed by atoms with E-state index in [1.54, 1.807) is 16.3 Å². The van der Waals surface area contributed by atoms with Crippen LogP contribution in [0.3, 0.4) is 0 Å². The Balaban J connectivity index is 2.01. The number of amides is 1. The molecule has 0 aliphatic carbocycles. The number of aliphatic carboxylic acids is 1. The van der Waals surface area contributed by atoms with E-state index in [1.807, 2.05) is 12.3 Å². The molecule has 1 saturated heterocycles. The predicted octanol–water partition coefficient (Wildman–Crippen LogP) is 1.24. The number of carbonyl (C=O) groups is 2. The Bertz CT molecular complexity index is 492. The van der Waals surface area contributed by atoms with Gasteiger partial charge >= 0.3 is 5.97 Å². The lowest BCUT2D eigenvalue weighted by Crippen LogP contribution is -2.38. The highest BCUT2D eigenvalue weighted by Crippen LogP contribution is 2.15. The molecule has 122 valence electrons. The van der Waals surface area contributed by atoms with Gasteiger partial charge in [-0.2, -0.15) is 11.3 Å². The van der Waals surface area contributed by atoms with Crippen LogP contribution in [0.4, 0.5) is 0 Å². The zero-order chi connectivity index (χ0) is 15.9. The van der Waals surface area contributed by atoms with Crippen molar-refractivity contribution < 1.29 is 19.4 Å². The van der Waals surface area contributed by atoms with E-state index in [0.29, 0.717) is 45.0 Å². The van der Waals surface area contributed by atoms with Crippen LogP contribution in [0, 0.1) is 5.92 Å². The Morgan fingerprint density at radius 2 is 2.23 bits per heavy atom. The van der Waals surface area contributed by atoms with Gasteiger partial charge in [0.2, 0.25) is 0 Å². The summed E-state index contributed by atoms with van der Waals surface area (Å²) in [5.41, 5.74) is 0.636. The van der Waals surface area contributed by atoms with Crippen molar-refractivity contribution in [2.75, 3.05) is 45.9 Å². The second-order valence-electron chi connectivity index (χ2n) is 5.30. The third-order valence-corrected chi connectivity index (χ3v) is 4.45. The Morgan fingerprint density at radius 3 is 2.86 bits per heavy atom. The molecule has 1 aromatic rings. The summed E-state index contributed by atoms with van der Waals surface area (Å²) in [4.78, 5) is 27.6. The van der Waals surface area contributed by atoms with Gasteiger partial charge in [0.1, 0.15) is 0 Å². The average molecular weight is 326 g/mol. The molecular weight excluding hydrogens is 304 g/mol. The molecule has 0 aromatic carbocycles. The van der Waals surface area contributed by atoms with Crippen molar-refractivity contribution in [3.8, 4) is 0 Å². The van der Waals surface area contributed by atoms with Crippen molar-refractivity contribution >= 4 is 23.2 Å². The van der Waals surface area contributed by atoms with Crippen LogP contribution >= 0.6 is 11.3 Å². The summed E-state index contributed by atoms with van der Waals surface area (Å²) >= 11 is 1.47. The van der Waals surface area contributed by atoms with Gasteiger partial charge in [-0.15, -0.1) is 0 Å². The quantitative estimate of drug-likeness (QED) is 0.797. The molecule has 1 aromatic heterocycles. The zero-order valence-corrected chi connectivity index (χ0v) is 13.6. The Morgan fingerprint density at radius 1 is 1.41 bits per heavy atom. The van der Waals surface area contributed by atoms with Crippen molar-refractivity contribution in [3.05, 3.63) is 22.4 Å². The van der Waals surface area contributed by atoms with E-state index in [2.05, 4.69) is 4.90 Å². The SMILES string of the molecule is CCOCCN1CCN(C(=O)c2ccsc2)C[C@@H](C(=O)O)C1. The topological polar surface area (TPSA) is 70.1 Å². The van der Waals surface area contributed by atoms with Gasteiger partial charge in [0.15, 0.2) is 0 Å². The molecular formula is C15H22N2O4S. The first-order chi connectivity index (χ1) is 10.6. The van der Waals surface area contributed by atoms with E-state index in [0.717, 1.165) is 0 Å². The molecule has 0 spiro atoms. The number of carboxylic acid groups (broad SMARTS) is 1. The van der Waals surface area contributed by atoms with Gasteiger partial charge in [0.05, 0.1) is 18.1 Å². The lowest BCUT2D eigenvalue weighted by atomic mass is 10.1. The maximum Gasteiger partial charge on any atom is 0.309 e. The second kappa shape index (κ2) is 8.26. The molecule has 1 aliphatic rings. The van der Waals surface area contributed by atoms with Crippen molar-refractivity contribution in [2.45, 2.75) is 6.92 Å². The first-order valence-electron chi connectivity index (χ1n) is 7.46. The minimum absolute atomic E-state index is 0.0841. The molecule has 6 nitrogen and oxygen atoms in total. The normalized spacial score (nSPS) is 19.9. The van der Waals surface area contributed by atoms with Crippen molar-refractivity contribution in [3.63, 3.8) is 0 Å². The molecule has 22 heavy (non-hydrogen) atoms. The maximum absolute atomic E-state index is 12.4. The van der Waals surface area contributed by atoms with Crippen LogP contribution in [0.1, 0.15) is 17.3 Å². The van der Waals surface area contributed by atoms with Crippen LogP contribution in [0.25, 0.3) is 0 Å². The van der Waals surface area contributed by atoms with Crippen LogP contribution in [0.15, 0.2) is 16.8 Å². The molecule has 0 saturated carbocycles. The van der Waals surface area contributed by atoms with Crippen LogP contribution in [-0.4, -0.2) is 72.7 Å². The number of rotatable bonds is 6. The summed E-state index contributed by atoms with van der Waals surface area (Å²) in [5, 5.41) is 13.0. The lowest BCUT2D eigenvalue weighted by Gasteiger charge is -2.21. The monoisotopic (exact) mass is 326 g/mol. The van der Waals surface area contributed by atoms with Gasteiger partial charge in [-0.05, 0) is 18.4 Å². The first-order valence-corrected chi connectivity index (χ1v) is 8.40. The number of thiophene rings is 1. The van der Waals surface area contributed by atoms with Crippen LogP contribution in [0.5, 0.6) is 0 Å². The second-order valence-corrected chi connectivity index (χ2v) is 6.08. The Kier molecular flexibility index (Phi) is 6.35. The molecule has 2 rings (SSSR count). The Labute approximate surface area is 134 Å². The number of ether oxygens (including phenoxy) is 1. The van der Waals surface area contributed by atoms with Crippen molar-refractivity contribution in [1.82, 2.24) is 9.80 Å². The third kappa shape index (κ3) is 4.53. The highest BCUT2D eigenvalue weighted by Gasteiger charge is 2.30. The van der Waals surface area contributed by atoms with Gasteiger partial charge in [-0.1, -0.05) is 0 Å². The van der Waals surface area contributed by atoms with E-state index < -0.39 is 11.9 Å². The highest BCUT2D eigenvalue weighted by molar-refractivity contribution is 7.08. The molecule has 1 aliphatic heterocycles.